The molecule has 0 fully saturated rings. The van der Waals surface area contributed by atoms with Gasteiger partial charge in [0.05, 0.1) is 0 Å². The second-order valence-corrected chi connectivity index (χ2v) is 10.2. The van der Waals surface area contributed by atoms with E-state index in [-0.39, 0.29) is 0 Å². The summed E-state index contributed by atoms with van der Waals surface area (Å²) in [6.07, 6.45) is -4.48. The molecule has 0 aromatic rings. The van der Waals surface area contributed by atoms with Crippen molar-refractivity contribution in [1.29, 1.82) is 0 Å². The van der Waals surface area contributed by atoms with E-state index in [4.69, 9.17) is 0 Å². The van der Waals surface area contributed by atoms with Gasteiger partial charge in [0, 0.05) is 0 Å². The van der Waals surface area contributed by atoms with Crippen molar-refractivity contribution >= 4 is 16.2 Å². The molecule has 0 unspecified atom stereocenters. The number of rotatable bonds is 3. The van der Waals surface area contributed by atoms with Crippen molar-refractivity contribution in [3.05, 3.63) is 0 Å². The molecule has 0 atom stereocenters. The fourth-order valence-electron chi connectivity index (χ4n) is 0.614. The molecule has 0 heterocycles. The van der Waals surface area contributed by atoms with E-state index in [1.165, 1.54) is 0 Å². The first-order chi connectivity index (χ1) is 4.45. The summed E-state index contributed by atoms with van der Waals surface area (Å²) in [6, 6.07) is 0. The minimum absolute atomic E-state index is 0.451. The van der Waals surface area contributed by atoms with Gasteiger partial charge in [-0.15, -0.1) is 0 Å². The molecule has 0 saturated carbocycles. The van der Waals surface area contributed by atoms with E-state index < -0.39 is 28.8 Å². The molecule has 4 heteroatoms. The van der Waals surface area contributed by atoms with Crippen LogP contribution in [0, 0.1) is 0 Å². The standard InChI is InChI=1S/C3H4F3.C2H5.CH3.Ga/c1-2-3(4,5)6;1-2;;/h1-2H2;1H2,2H3;1H3;. The van der Waals surface area contributed by atoms with Crippen LogP contribution in [0.1, 0.15) is 13.3 Å². The third-order valence-electron chi connectivity index (χ3n) is 1.62. The summed E-state index contributed by atoms with van der Waals surface area (Å²) in [7, 11) is 0. The Morgan fingerprint density at radius 3 is 2.10 bits per heavy atom. The molecule has 0 saturated heterocycles. The van der Waals surface area contributed by atoms with Crippen molar-refractivity contribution in [3.8, 4) is 0 Å². The van der Waals surface area contributed by atoms with Crippen LogP contribution in [0.15, 0.2) is 0 Å². The van der Waals surface area contributed by atoms with Crippen molar-refractivity contribution in [2.24, 2.45) is 0 Å². The first-order valence-electron chi connectivity index (χ1n) is 3.52. The van der Waals surface area contributed by atoms with Gasteiger partial charge in [-0.2, -0.15) is 0 Å². The average molecular weight is 211 g/mol. The molecule has 0 aromatic heterocycles. The Balaban J connectivity index is 3.36. The number of halogens is 3. The van der Waals surface area contributed by atoms with Gasteiger partial charge in [-0.3, -0.25) is 0 Å². The summed E-state index contributed by atoms with van der Waals surface area (Å²) < 4.78 is 34.7. The summed E-state index contributed by atoms with van der Waals surface area (Å²) >= 11 is -1.42. The Hall–Kier alpha value is 0.426. The van der Waals surface area contributed by atoms with Crippen LogP contribution in [-0.2, 0) is 0 Å². The normalized spacial score (nSPS) is 11.7. The van der Waals surface area contributed by atoms with Crippen LogP contribution in [0.5, 0.6) is 0 Å². The van der Waals surface area contributed by atoms with Crippen LogP contribution in [0.25, 0.3) is 0 Å². The summed E-state index contributed by atoms with van der Waals surface area (Å²) in [4.78, 5) is 1.47. The molecular formula is C6H12F3Ga. The molecule has 0 aliphatic carbocycles. The predicted molar refractivity (Wildman–Crippen MR) is 37.6 cm³/mol. The van der Waals surface area contributed by atoms with Crippen LogP contribution in [0.4, 0.5) is 13.2 Å². The van der Waals surface area contributed by atoms with E-state index in [2.05, 4.69) is 0 Å². The van der Waals surface area contributed by atoms with Crippen LogP contribution in [0.2, 0.25) is 15.4 Å². The quantitative estimate of drug-likeness (QED) is 0.629. The van der Waals surface area contributed by atoms with Gasteiger partial charge in [-0.05, 0) is 0 Å². The summed E-state index contributed by atoms with van der Waals surface area (Å²) in [5.74, 6) is 0. The summed E-state index contributed by atoms with van der Waals surface area (Å²) in [5.41, 5.74) is 2.03. The zero-order valence-electron chi connectivity index (χ0n) is 6.33. The third kappa shape index (κ3) is 6.55. The molecule has 0 aliphatic heterocycles. The number of hydrogen-bond donors (Lipinski definition) is 0. The molecule has 60 valence electrons. The predicted octanol–water partition coefficient (Wildman–Crippen LogP) is 3.08. The van der Waals surface area contributed by atoms with E-state index in [0.717, 1.165) is 4.98 Å². The molecule has 0 rings (SSSR count). The molecule has 0 nitrogen and oxygen atoms in total. The zero-order valence-corrected chi connectivity index (χ0v) is 8.76. The molecule has 0 bridgehead atoms. The first kappa shape index (κ1) is 10.4. The zero-order chi connectivity index (χ0) is 8.20. The molecule has 0 aromatic carbocycles. The maximum atomic E-state index is 11.6. The maximum absolute atomic E-state index is 11.6. The van der Waals surface area contributed by atoms with Crippen molar-refractivity contribution in [3.63, 3.8) is 0 Å². The van der Waals surface area contributed by atoms with Gasteiger partial charge in [-0.1, -0.05) is 0 Å². The van der Waals surface area contributed by atoms with Gasteiger partial charge in [0.1, 0.15) is 0 Å². The molecule has 0 amide bonds. The minimum atomic E-state index is -3.92. The van der Waals surface area contributed by atoms with E-state index in [1.807, 2.05) is 12.4 Å². The average Bonchev–Trinajstić information content (AvgIpc) is 1.81. The molecule has 0 N–H and O–H groups in total. The SMILES string of the molecule is C[CH2][Ga]([CH3])[CH2]CC(F)(F)F. The Bertz CT molecular complexity index is 89.5. The van der Waals surface area contributed by atoms with Gasteiger partial charge >= 0.3 is 64.3 Å². The Labute approximate surface area is 64.8 Å². The fourth-order valence-corrected chi connectivity index (χ4v) is 3.19. The van der Waals surface area contributed by atoms with Crippen molar-refractivity contribution < 1.29 is 13.2 Å². The van der Waals surface area contributed by atoms with E-state index >= 15 is 0 Å². The fraction of sp³-hybridized carbons (Fsp3) is 1.00. The Kier molecular flexibility index (Phi) is 4.52. The summed E-state index contributed by atoms with van der Waals surface area (Å²) in [5, 5.41) is 0. The van der Waals surface area contributed by atoms with Gasteiger partial charge in [0.2, 0.25) is 0 Å². The van der Waals surface area contributed by atoms with Gasteiger partial charge < -0.3 is 0 Å². The Morgan fingerprint density at radius 1 is 1.30 bits per heavy atom. The first-order valence-corrected chi connectivity index (χ1v) is 9.37. The molecule has 0 aliphatic rings. The van der Waals surface area contributed by atoms with E-state index in [1.54, 1.807) is 0 Å². The van der Waals surface area contributed by atoms with Crippen LogP contribution in [0.3, 0.4) is 0 Å². The number of alkyl halides is 3. The molecule has 10 heavy (non-hydrogen) atoms. The van der Waals surface area contributed by atoms with E-state index in [9.17, 15) is 13.2 Å². The number of hydrogen-bond acceptors (Lipinski definition) is 0. The second kappa shape index (κ2) is 4.33. The van der Waals surface area contributed by atoms with Crippen LogP contribution < -0.4 is 0 Å². The van der Waals surface area contributed by atoms with Gasteiger partial charge in [0.25, 0.3) is 0 Å². The van der Waals surface area contributed by atoms with Crippen molar-refractivity contribution in [2.75, 3.05) is 0 Å². The van der Waals surface area contributed by atoms with Crippen molar-refractivity contribution in [2.45, 2.75) is 34.9 Å². The monoisotopic (exact) mass is 210 g/mol. The molecular weight excluding hydrogens is 199 g/mol. The van der Waals surface area contributed by atoms with Crippen LogP contribution >= 0.6 is 0 Å². The molecule has 0 spiro atoms. The Morgan fingerprint density at radius 2 is 1.80 bits per heavy atom. The van der Waals surface area contributed by atoms with Gasteiger partial charge in [-0.25, -0.2) is 0 Å². The summed E-state index contributed by atoms with van der Waals surface area (Å²) in [6.45, 7) is 1.99. The topological polar surface area (TPSA) is 0 Å². The molecule has 0 radical (unpaired) electrons. The van der Waals surface area contributed by atoms with E-state index in [0.29, 0.717) is 4.98 Å². The van der Waals surface area contributed by atoms with Gasteiger partial charge in [0.15, 0.2) is 0 Å². The van der Waals surface area contributed by atoms with Crippen LogP contribution in [-0.4, -0.2) is 22.4 Å². The second-order valence-electron chi connectivity index (χ2n) is 2.67. The third-order valence-corrected chi connectivity index (χ3v) is 7.22. The van der Waals surface area contributed by atoms with Crippen molar-refractivity contribution in [1.82, 2.24) is 0 Å².